The Hall–Kier alpha value is -2.40. The molecule has 1 aliphatic rings. The van der Waals surface area contributed by atoms with Gasteiger partial charge in [-0.05, 0) is 36.7 Å². The van der Waals surface area contributed by atoms with Gasteiger partial charge in [0.05, 0.1) is 0 Å². The van der Waals surface area contributed by atoms with Crippen LogP contribution >= 0.6 is 0 Å². The minimum absolute atomic E-state index is 0.201. The summed E-state index contributed by atoms with van der Waals surface area (Å²) in [5, 5.41) is 22.4. The number of ether oxygens (including phenoxy) is 2. The summed E-state index contributed by atoms with van der Waals surface area (Å²) in [7, 11) is 0. The molecule has 2 aromatic carbocycles. The maximum atomic E-state index is 9.92. The van der Waals surface area contributed by atoms with Crippen LogP contribution < -0.4 is 14.8 Å². The predicted molar refractivity (Wildman–Crippen MR) is 77.7 cm³/mol. The molecular formula is C16H17NO4. The number of hydrogen-bond acceptors (Lipinski definition) is 5. The van der Waals surface area contributed by atoms with E-state index in [0.29, 0.717) is 18.0 Å². The summed E-state index contributed by atoms with van der Waals surface area (Å²) in [6.07, 6.45) is 0.853. The van der Waals surface area contributed by atoms with Crippen LogP contribution in [0, 0.1) is 0 Å². The van der Waals surface area contributed by atoms with E-state index in [4.69, 9.17) is 9.47 Å². The van der Waals surface area contributed by atoms with E-state index in [1.54, 1.807) is 24.3 Å². The van der Waals surface area contributed by atoms with Crippen LogP contribution in [0.1, 0.15) is 11.1 Å². The first-order valence-corrected chi connectivity index (χ1v) is 6.82. The van der Waals surface area contributed by atoms with Crippen LogP contribution in [0.25, 0.3) is 0 Å². The maximum absolute atomic E-state index is 9.92. The van der Waals surface area contributed by atoms with Gasteiger partial charge in [-0.2, -0.15) is 0 Å². The zero-order valence-corrected chi connectivity index (χ0v) is 11.5. The Kier molecular flexibility index (Phi) is 3.83. The molecule has 0 aliphatic carbocycles. The van der Waals surface area contributed by atoms with Gasteiger partial charge in [0, 0.05) is 18.2 Å². The number of benzene rings is 2. The van der Waals surface area contributed by atoms with E-state index in [1.807, 2.05) is 12.1 Å². The molecule has 1 aliphatic heterocycles. The highest BCUT2D eigenvalue weighted by atomic mass is 16.7. The Labute approximate surface area is 122 Å². The number of rotatable bonds is 5. The van der Waals surface area contributed by atoms with E-state index < -0.39 is 0 Å². The van der Waals surface area contributed by atoms with Crippen molar-refractivity contribution in [1.82, 2.24) is 5.32 Å². The predicted octanol–water partition coefficient (Wildman–Crippen LogP) is 2.16. The van der Waals surface area contributed by atoms with Gasteiger partial charge in [-0.1, -0.05) is 12.1 Å². The Morgan fingerprint density at radius 2 is 1.71 bits per heavy atom. The smallest absolute Gasteiger partial charge is 0.231 e. The molecule has 0 aromatic heterocycles. The molecule has 3 N–H and O–H groups in total. The third kappa shape index (κ3) is 3.20. The van der Waals surface area contributed by atoms with Crippen molar-refractivity contribution in [2.75, 3.05) is 13.3 Å². The second-order valence-corrected chi connectivity index (χ2v) is 4.93. The van der Waals surface area contributed by atoms with Crippen molar-refractivity contribution in [3.8, 4) is 23.0 Å². The fourth-order valence-electron chi connectivity index (χ4n) is 2.23. The van der Waals surface area contributed by atoms with Crippen molar-refractivity contribution in [2.24, 2.45) is 0 Å². The number of fused-ring (bicyclic) bond motifs is 1. The van der Waals surface area contributed by atoms with Crippen molar-refractivity contribution < 1.29 is 19.7 Å². The maximum Gasteiger partial charge on any atom is 0.231 e. The topological polar surface area (TPSA) is 71.0 Å². The number of hydrogen-bond donors (Lipinski definition) is 3. The minimum Gasteiger partial charge on any atom is -0.508 e. The standard InChI is InChI=1S/C16H17NO4/c18-13-3-1-11(2-4-13)5-6-17-9-12-7-15-16(8-14(12)19)21-10-20-15/h1-4,7-8,17-19H,5-6,9-10H2. The van der Waals surface area contributed by atoms with Crippen LogP contribution in [-0.2, 0) is 13.0 Å². The summed E-state index contributed by atoms with van der Waals surface area (Å²) in [4.78, 5) is 0. The van der Waals surface area contributed by atoms with Crippen molar-refractivity contribution in [1.29, 1.82) is 0 Å². The van der Waals surface area contributed by atoms with Gasteiger partial charge in [0.25, 0.3) is 0 Å². The molecule has 0 fully saturated rings. The molecule has 110 valence electrons. The second kappa shape index (κ2) is 5.93. The van der Waals surface area contributed by atoms with Crippen molar-refractivity contribution in [3.05, 3.63) is 47.5 Å². The second-order valence-electron chi connectivity index (χ2n) is 4.93. The first-order chi connectivity index (χ1) is 10.2. The first kappa shape index (κ1) is 13.6. The highest BCUT2D eigenvalue weighted by Crippen LogP contribution is 2.37. The monoisotopic (exact) mass is 287 g/mol. The minimum atomic E-state index is 0.201. The Morgan fingerprint density at radius 1 is 1.00 bits per heavy atom. The van der Waals surface area contributed by atoms with Crippen molar-refractivity contribution in [2.45, 2.75) is 13.0 Å². The Morgan fingerprint density at radius 3 is 2.48 bits per heavy atom. The van der Waals surface area contributed by atoms with Crippen LogP contribution in [0.3, 0.4) is 0 Å². The first-order valence-electron chi connectivity index (χ1n) is 6.82. The molecule has 5 heteroatoms. The normalized spacial score (nSPS) is 12.6. The molecule has 1 heterocycles. The highest BCUT2D eigenvalue weighted by Gasteiger charge is 2.16. The van der Waals surface area contributed by atoms with Gasteiger partial charge < -0.3 is 25.0 Å². The summed E-state index contributed by atoms with van der Waals surface area (Å²) in [5.74, 6) is 1.73. The molecule has 0 amide bonds. The molecular weight excluding hydrogens is 270 g/mol. The van der Waals surface area contributed by atoms with Crippen LogP contribution in [-0.4, -0.2) is 23.6 Å². The lowest BCUT2D eigenvalue weighted by molar-refractivity contribution is 0.174. The van der Waals surface area contributed by atoms with Gasteiger partial charge in [-0.15, -0.1) is 0 Å². The molecule has 0 unspecified atom stereocenters. The lowest BCUT2D eigenvalue weighted by atomic mass is 10.1. The summed E-state index contributed by atoms with van der Waals surface area (Å²) in [6, 6.07) is 10.5. The van der Waals surface area contributed by atoms with Crippen LogP contribution in [0.15, 0.2) is 36.4 Å². The highest BCUT2D eigenvalue weighted by molar-refractivity contribution is 5.51. The number of phenols is 2. The third-order valence-corrected chi connectivity index (χ3v) is 3.42. The summed E-state index contributed by atoms with van der Waals surface area (Å²) in [6.45, 7) is 1.53. The average Bonchev–Trinajstić information content (AvgIpc) is 2.92. The number of phenolic OH excluding ortho intramolecular Hbond substituents is 2. The fourth-order valence-corrected chi connectivity index (χ4v) is 2.23. The van der Waals surface area contributed by atoms with E-state index in [0.717, 1.165) is 24.1 Å². The SMILES string of the molecule is Oc1ccc(CCNCc2cc3c(cc2O)OCO3)cc1. The van der Waals surface area contributed by atoms with Gasteiger partial charge in [0.2, 0.25) is 6.79 Å². The van der Waals surface area contributed by atoms with Crippen LogP contribution in [0.2, 0.25) is 0 Å². The molecule has 21 heavy (non-hydrogen) atoms. The molecule has 5 nitrogen and oxygen atoms in total. The van der Waals surface area contributed by atoms with Gasteiger partial charge >= 0.3 is 0 Å². The number of aromatic hydroxyl groups is 2. The lowest BCUT2D eigenvalue weighted by Crippen LogP contribution is -2.16. The Bertz CT molecular complexity index is 625. The average molecular weight is 287 g/mol. The summed E-state index contributed by atoms with van der Waals surface area (Å²) >= 11 is 0. The summed E-state index contributed by atoms with van der Waals surface area (Å²) in [5.41, 5.74) is 1.93. The molecule has 0 atom stereocenters. The zero-order chi connectivity index (χ0) is 14.7. The van der Waals surface area contributed by atoms with E-state index >= 15 is 0 Å². The number of nitrogens with one attached hydrogen (secondary N) is 1. The van der Waals surface area contributed by atoms with Crippen molar-refractivity contribution >= 4 is 0 Å². The summed E-state index contributed by atoms with van der Waals surface area (Å²) < 4.78 is 10.5. The van der Waals surface area contributed by atoms with E-state index in [1.165, 1.54) is 0 Å². The Balaban J connectivity index is 1.52. The van der Waals surface area contributed by atoms with E-state index in [2.05, 4.69) is 5.32 Å². The third-order valence-electron chi connectivity index (χ3n) is 3.42. The molecule has 0 radical (unpaired) electrons. The lowest BCUT2D eigenvalue weighted by Gasteiger charge is -2.08. The molecule has 0 bridgehead atoms. The van der Waals surface area contributed by atoms with Gasteiger partial charge in [0.1, 0.15) is 11.5 Å². The molecule has 0 spiro atoms. The van der Waals surface area contributed by atoms with E-state index in [9.17, 15) is 10.2 Å². The quantitative estimate of drug-likeness (QED) is 0.735. The largest absolute Gasteiger partial charge is 0.508 e. The zero-order valence-electron chi connectivity index (χ0n) is 11.5. The van der Waals surface area contributed by atoms with E-state index in [-0.39, 0.29) is 18.3 Å². The van der Waals surface area contributed by atoms with Crippen LogP contribution in [0.5, 0.6) is 23.0 Å². The fraction of sp³-hybridized carbons (Fsp3) is 0.250. The molecule has 2 aromatic rings. The molecule has 0 saturated heterocycles. The molecule has 0 saturated carbocycles. The van der Waals surface area contributed by atoms with Crippen LogP contribution in [0.4, 0.5) is 0 Å². The van der Waals surface area contributed by atoms with Gasteiger partial charge in [0.15, 0.2) is 11.5 Å². The molecule has 3 rings (SSSR count). The van der Waals surface area contributed by atoms with Gasteiger partial charge in [-0.25, -0.2) is 0 Å². The van der Waals surface area contributed by atoms with Crippen molar-refractivity contribution in [3.63, 3.8) is 0 Å². The van der Waals surface area contributed by atoms with Gasteiger partial charge in [-0.3, -0.25) is 0 Å².